The number of aryl methyl sites for hydroxylation is 1. The molecule has 1 N–H and O–H groups in total. The normalized spacial score (nSPS) is 11.4. The fourth-order valence-corrected chi connectivity index (χ4v) is 2.82. The van der Waals surface area contributed by atoms with Gasteiger partial charge in [-0.3, -0.25) is 4.79 Å². The molecule has 0 atom stereocenters. The summed E-state index contributed by atoms with van der Waals surface area (Å²) in [5, 5.41) is 2.66. The molecular formula is C13H14BrN3O3S. The molecule has 112 valence electrons. The molecule has 2 aromatic heterocycles. The summed E-state index contributed by atoms with van der Waals surface area (Å²) in [7, 11) is -3.34. The van der Waals surface area contributed by atoms with Gasteiger partial charge in [-0.05, 0) is 41.1 Å². The van der Waals surface area contributed by atoms with Crippen LogP contribution in [-0.4, -0.2) is 30.1 Å². The number of sulfone groups is 1. The highest BCUT2D eigenvalue weighted by Crippen LogP contribution is 2.17. The number of carbonyl (C=O) groups is 1. The van der Waals surface area contributed by atoms with E-state index >= 15 is 0 Å². The number of carbonyl (C=O) groups excluding carboxylic acids is 1. The third-order valence-electron chi connectivity index (χ3n) is 2.81. The first kappa shape index (κ1) is 15.7. The van der Waals surface area contributed by atoms with E-state index in [0.717, 1.165) is 10.7 Å². The smallest absolute Gasteiger partial charge is 0.272 e. The third-order valence-corrected chi connectivity index (χ3v) is 4.25. The molecule has 2 rings (SSSR count). The SMILES string of the molecule is CCn1cc(Br)cc1C(=O)Nc1ccc(S(C)(=O)=O)nc1. The maximum absolute atomic E-state index is 12.2. The Morgan fingerprint density at radius 2 is 2.14 bits per heavy atom. The fourth-order valence-electron chi connectivity index (χ4n) is 1.80. The van der Waals surface area contributed by atoms with Gasteiger partial charge in [-0.2, -0.15) is 0 Å². The van der Waals surface area contributed by atoms with Gasteiger partial charge in [-0.15, -0.1) is 0 Å². The van der Waals surface area contributed by atoms with Gasteiger partial charge in [0.2, 0.25) is 0 Å². The van der Waals surface area contributed by atoms with Crippen LogP contribution >= 0.6 is 15.9 Å². The second kappa shape index (κ2) is 5.98. The molecule has 8 heteroatoms. The highest BCUT2D eigenvalue weighted by molar-refractivity contribution is 9.10. The van der Waals surface area contributed by atoms with Crippen LogP contribution in [0.1, 0.15) is 17.4 Å². The van der Waals surface area contributed by atoms with Crippen LogP contribution in [-0.2, 0) is 16.4 Å². The second-order valence-electron chi connectivity index (χ2n) is 4.44. The Labute approximate surface area is 131 Å². The van der Waals surface area contributed by atoms with Crippen LogP contribution in [0.2, 0.25) is 0 Å². The van der Waals surface area contributed by atoms with Crippen LogP contribution < -0.4 is 5.32 Å². The van der Waals surface area contributed by atoms with E-state index in [1.54, 1.807) is 10.6 Å². The molecule has 0 aliphatic carbocycles. The standard InChI is InChI=1S/C13H14BrN3O3S/c1-3-17-8-9(14)6-11(17)13(18)16-10-4-5-12(15-7-10)21(2,19)20/h4-8H,3H2,1-2H3,(H,16,18). The quantitative estimate of drug-likeness (QED) is 0.893. The Bertz CT molecular complexity index is 766. The molecule has 0 bridgehead atoms. The summed E-state index contributed by atoms with van der Waals surface area (Å²) in [6.07, 6.45) is 4.22. The number of hydrogen-bond donors (Lipinski definition) is 1. The van der Waals surface area contributed by atoms with Crippen molar-refractivity contribution >= 4 is 37.4 Å². The number of nitrogens with zero attached hydrogens (tertiary/aromatic N) is 2. The zero-order valence-electron chi connectivity index (χ0n) is 11.5. The lowest BCUT2D eigenvalue weighted by Crippen LogP contribution is -2.16. The van der Waals surface area contributed by atoms with E-state index in [2.05, 4.69) is 26.2 Å². The highest BCUT2D eigenvalue weighted by Gasteiger charge is 2.13. The summed E-state index contributed by atoms with van der Waals surface area (Å²) in [5.41, 5.74) is 0.948. The van der Waals surface area contributed by atoms with E-state index in [-0.39, 0.29) is 10.9 Å². The number of nitrogens with one attached hydrogen (secondary N) is 1. The van der Waals surface area contributed by atoms with Crippen LogP contribution in [0.15, 0.2) is 40.1 Å². The van der Waals surface area contributed by atoms with E-state index in [1.807, 2.05) is 13.1 Å². The Kier molecular flexibility index (Phi) is 4.48. The summed E-state index contributed by atoms with van der Waals surface area (Å²) in [6, 6.07) is 4.59. The number of hydrogen-bond acceptors (Lipinski definition) is 4. The summed E-state index contributed by atoms with van der Waals surface area (Å²) in [6.45, 7) is 2.60. The Morgan fingerprint density at radius 3 is 2.67 bits per heavy atom. The molecule has 2 aromatic rings. The van der Waals surface area contributed by atoms with Crippen molar-refractivity contribution in [2.75, 3.05) is 11.6 Å². The van der Waals surface area contributed by atoms with Gasteiger partial charge in [-0.1, -0.05) is 0 Å². The van der Waals surface area contributed by atoms with Crippen molar-refractivity contribution in [1.29, 1.82) is 0 Å². The average molecular weight is 372 g/mol. The molecule has 0 saturated heterocycles. The van der Waals surface area contributed by atoms with Crippen molar-refractivity contribution < 1.29 is 13.2 Å². The molecule has 1 amide bonds. The van der Waals surface area contributed by atoms with Gasteiger partial charge in [0, 0.05) is 23.5 Å². The van der Waals surface area contributed by atoms with Crippen LogP contribution in [0.4, 0.5) is 5.69 Å². The van der Waals surface area contributed by atoms with Crippen molar-refractivity contribution in [2.24, 2.45) is 0 Å². The minimum atomic E-state index is -3.34. The first-order valence-electron chi connectivity index (χ1n) is 6.14. The molecule has 0 saturated carbocycles. The average Bonchev–Trinajstić information content (AvgIpc) is 2.79. The largest absolute Gasteiger partial charge is 0.343 e. The molecule has 2 heterocycles. The van der Waals surface area contributed by atoms with Gasteiger partial charge in [0.1, 0.15) is 5.69 Å². The molecule has 0 spiro atoms. The van der Waals surface area contributed by atoms with Gasteiger partial charge in [0.15, 0.2) is 14.9 Å². The van der Waals surface area contributed by atoms with Gasteiger partial charge >= 0.3 is 0 Å². The van der Waals surface area contributed by atoms with E-state index in [9.17, 15) is 13.2 Å². The van der Waals surface area contributed by atoms with E-state index < -0.39 is 9.84 Å². The lowest BCUT2D eigenvalue weighted by molar-refractivity contribution is 0.101. The van der Waals surface area contributed by atoms with Crippen molar-refractivity contribution in [2.45, 2.75) is 18.5 Å². The molecule has 21 heavy (non-hydrogen) atoms. The molecule has 0 aliphatic heterocycles. The van der Waals surface area contributed by atoms with Crippen LogP contribution in [0.25, 0.3) is 0 Å². The molecule has 0 unspecified atom stereocenters. The number of aromatic nitrogens is 2. The molecule has 0 radical (unpaired) electrons. The lowest BCUT2D eigenvalue weighted by atomic mass is 10.3. The van der Waals surface area contributed by atoms with E-state index in [1.165, 1.54) is 18.3 Å². The summed E-state index contributed by atoms with van der Waals surface area (Å²) >= 11 is 3.33. The number of amides is 1. The van der Waals surface area contributed by atoms with Crippen LogP contribution in [0.5, 0.6) is 0 Å². The first-order valence-corrected chi connectivity index (χ1v) is 8.83. The van der Waals surface area contributed by atoms with Gasteiger partial charge in [-0.25, -0.2) is 13.4 Å². The Hall–Kier alpha value is -1.67. The van der Waals surface area contributed by atoms with Gasteiger partial charge in [0.25, 0.3) is 5.91 Å². The molecule has 6 nitrogen and oxygen atoms in total. The first-order chi connectivity index (χ1) is 9.81. The zero-order valence-corrected chi connectivity index (χ0v) is 13.9. The van der Waals surface area contributed by atoms with Crippen molar-refractivity contribution in [3.8, 4) is 0 Å². The summed E-state index contributed by atoms with van der Waals surface area (Å²) < 4.78 is 25.3. The second-order valence-corrected chi connectivity index (χ2v) is 7.32. The van der Waals surface area contributed by atoms with E-state index in [4.69, 9.17) is 0 Å². The molecular weight excluding hydrogens is 358 g/mol. The maximum atomic E-state index is 12.2. The number of anilines is 1. The molecule has 0 aliphatic rings. The number of rotatable bonds is 4. The van der Waals surface area contributed by atoms with Gasteiger partial charge in [0.05, 0.1) is 11.9 Å². The predicted octanol–water partition coefficient (Wildman–Crippen LogP) is 2.32. The highest BCUT2D eigenvalue weighted by atomic mass is 79.9. The van der Waals surface area contributed by atoms with Crippen LogP contribution in [0.3, 0.4) is 0 Å². The Morgan fingerprint density at radius 1 is 1.43 bits per heavy atom. The Balaban J connectivity index is 2.20. The number of halogens is 1. The topological polar surface area (TPSA) is 81.1 Å². The van der Waals surface area contributed by atoms with E-state index in [0.29, 0.717) is 17.9 Å². The monoisotopic (exact) mass is 371 g/mol. The van der Waals surface area contributed by atoms with Crippen molar-refractivity contribution in [3.05, 3.63) is 40.8 Å². The summed E-state index contributed by atoms with van der Waals surface area (Å²) in [4.78, 5) is 16.0. The van der Waals surface area contributed by atoms with Gasteiger partial charge < -0.3 is 9.88 Å². The number of pyridine rings is 1. The fraction of sp³-hybridized carbons (Fsp3) is 0.231. The molecule has 0 fully saturated rings. The van der Waals surface area contributed by atoms with Crippen molar-refractivity contribution in [1.82, 2.24) is 9.55 Å². The minimum absolute atomic E-state index is 0.0276. The lowest BCUT2D eigenvalue weighted by Gasteiger charge is -2.07. The predicted molar refractivity (Wildman–Crippen MR) is 83.1 cm³/mol. The summed E-state index contributed by atoms with van der Waals surface area (Å²) in [5.74, 6) is -0.281. The zero-order chi connectivity index (χ0) is 15.6. The third kappa shape index (κ3) is 3.70. The molecule has 0 aromatic carbocycles. The van der Waals surface area contributed by atoms with Crippen LogP contribution in [0, 0.1) is 0 Å². The minimum Gasteiger partial charge on any atom is -0.343 e. The van der Waals surface area contributed by atoms with Crippen molar-refractivity contribution in [3.63, 3.8) is 0 Å². The maximum Gasteiger partial charge on any atom is 0.272 e.